The zero-order valence-electron chi connectivity index (χ0n) is 20.9. The van der Waals surface area contributed by atoms with Gasteiger partial charge in [-0.25, -0.2) is 4.39 Å². The van der Waals surface area contributed by atoms with Crippen molar-refractivity contribution in [3.63, 3.8) is 0 Å². The molecule has 35 heavy (non-hydrogen) atoms. The summed E-state index contributed by atoms with van der Waals surface area (Å²) in [6, 6.07) is 9.72. The second-order valence-corrected chi connectivity index (χ2v) is 9.38. The summed E-state index contributed by atoms with van der Waals surface area (Å²) >= 11 is 0. The van der Waals surface area contributed by atoms with Gasteiger partial charge < -0.3 is 19.0 Å². The molecule has 192 valence electrons. The molecule has 2 heterocycles. The van der Waals surface area contributed by atoms with Gasteiger partial charge in [0.15, 0.2) is 0 Å². The van der Waals surface area contributed by atoms with Crippen molar-refractivity contribution in [1.82, 2.24) is 9.80 Å². The Balaban J connectivity index is 1.64. The lowest BCUT2D eigenvalue weighted by atomic mass is 10.1. The predicted molar refractivity (Wildman–Crippen MR) is 133 cm³/mol. The highest BCUT2D eigenvalue weighted by Crippen LogP contribution is 2.17. The maximum absolute atomic E-state index is 13.5. The van der Waals surface area contributed by atoms with Crippen LogP contribution in [-0.4, -0.2) is 47.4 Å². The maximum Gasteiger partial charge on any atom is 0.242 e. The highest BCUT2D eigenvalue weighted by atomic mass is 19.1. The number of carbonyl (C=O) groups excluding carboxylic acids is 2. The number of nitrogens with zero attached hydrogens (tertiary/aromatic N) is 2. The Labute approximate surface area is 208 Å². The molecule has 0 bridgehead atoms. The summed E-state index contributed by atoms with van der Waals surface area (Å²) in [6.07, 6.45) is 10.5. The number of hydrogen-bond acceptors (Lipinski definition) is 4. The number of carbonyl (C=O) groups is 2. The lowest BCUT2D eigenvalue weighted by Gasteiger charge is -2.29. The van der Waals surface area contributed by atoms with E-state index in [0.29, 0.717) is 31.9 Å². The smallest absolute Gasteiger partial charge is 0.242 e. The molecule has 0 saturated carbocycles. The lowest BCUT2D eigenvalue weighted by molar-refractivity contribution is -0.142. The summed E-state index contributed by atoms with van der Waals surface area (Å²) < 4.78 is 24.6. The van der Waals surface area contributed by atoms with Crippen LogP contribution in [0.15, 0.2) is 47.1 Å². The highest BCUT2D eigenvalue weighted by molar-refractivity contribution is 5.84. The van der Waals surface area contributed by atoms with E-state index in [9.17, 15) is 14.0 Å². The van der Waals surface area contributed by atoms with Crippen molar-refractivity contribution >= 4 is 11.8 Å². The van der Waals surface area contributed by atoms with Crippen LogP contribution in [-0.2, 0) is 27.4 Å². The summed E-state index contributed by atoms with van der Waals surface area (Å²) in [5.41, 5.74) is 0.815. The molecular weight excluding hydrogens is 447 g/mol. The largest absolute Gasteiger partial charge is 0.467 e. The summed E-state index contributed by atoms with van der Waals surface area (Å²) in [7, 11) is 0. The zero-order chi connectivity index (χ0) is 24.9. The molecule has 1 fully saturated rings. The van der Waals surface area contributed by atoms with Crippen LogP contribution in [0.5, 0.6) is 0 Å². The SMILES string of the molecule is CCCCCCCCC(=O)N(CC(=O)N(Cc1ccc(F)cc1)Cc1ccco1)C[C@@H]1CCCO1. The molecule has 2 aromatic rings. The number of halogens is 1. The molecule has 1 aromatic carbocycles. The van der Waals surface area contributed by atoms with Gasteiger partial charge in [-0.05, 0) is 49.1 Å². The van der Waals surface area contributed by atoms with Gasteiger partial charge in [0.05, 0.1) is 25.5 Å². The molecule has 1 aliphatic heterocycles. The second-order valence-electron chi connectivity index (χ2n) is 9.38. The quantitative estimate of drug-likeness (QED) is 0.303. The minimum absolute atomic E-state index is 0.00354. The van der Waals surface area contributed by atoms with E-state index in [1.807, 2.05) is 6.07 Å². The molecule has 0 radical (unpaired) electrons. The fraction of sp³-hybridized carbons (Fsp3) is 0.571. The molecule has 3 rings (SSSR count). The van der Waals surface area contributed by atoms with Gasteiger partial charge in [-0.2, -0.15) is 0 Å². The first-order chi connectivity index (χ1) is 17.0. The monoisotopic (exact) mass is 486 g/mol. The van der Waals surface area contributed by atoms with Gasteiger partial charge in [0, 0.05) is 26.1 Å². The minimum atomic E-state index is -0.319. The third-order valence-corrected chi connectivity index (χ3v) is 6.44. The van der Waals surface area contributed by atoms with Gasteiger partial charge in [0.1, 0.15) is 11.6 Å². The molecule has 1 aliphatic rings. The number of ether oxygens (including phenoxy) is 1. The highest BCUT2D eigenvalue weighted by Gasteiger charge is 2.26. The van der Waals surface area contributed by atoms with Crippen molar-refractivity contribution < 1.29 is 23.1 Å². The first-order valence-corrected chi connectivity index (χ1v) is 13.0. The molecule has 1 aromatic heterocycles. The van der Waals surface area contributed by atoms with E-state index in [-0.39, 0.29) is 36.8 Å². The van der Waals surface area contributed by atoms with Crippen LogP contribution < -0.4 is 0 Å². The molecule has 0 aliphatic carbocycles. The summed E-state index contributed by atoms with van der Waals surface area (Å²) in [4.78, 5) is 29.9. The number of amides is 2. The van der Waals surface area contributed by atoms with E-state index < -0.39 is 0 Å². The van der Waals surface area contributed by atoms with Gasteiger partial charge in [-0.3, -0.25) is 9.59 Å². The number of hydrogen-bond donors (Lipinski definition) is 0. The van der Waals surface area contributed by atoms with Crippen LogP contribution in [0.3, 0.4) is 0 Å². The Bertz CT molecular complexity index is 879. The summed E-state index contributed by atoms with van der Waals surface area (Å²) in [6.45, 7) is 3.91. The van der Waals surface area contributed by atoms with Crippen molar-refractivity contribution in [3.05, 3.63) is 59.8 Å². The fourth-order valence-electron chi connectivity index (χ4n) is 4.40. The number of benzene rings is 1. The number of unbranched alkanes of at least 4 members (excludes halogenated alkanes) is 5. The molecule has 0 unspecified atom stereocenters. The number of furan rings is 1. The third kappa shape index (κ3) is 9.48. The van der Waals surface area contributed by atoms with Crippen LogP contribution in [0, 0.1) is 5.82 Å². The summed E-state index contributed by atoms with van der Waals surface area (Å²) in [5.74, 6) is 0.175. The van der Waals surface area contributed by atoms with Crippen LogP contribution in [0.4, 0.5) is 4.39 Å². The van der Waals surface area contributed by atoms with E-state index in [0.717, 1.165) is 37.7 Å². The van der Waals surface area contributed by atoms with Crippen LogP contribution in [0.25, 0.3) is 0 Å². The average molecular weight is 487 g/mol. The first-order valence-electron chi connectivity index (χ1n) is 13.0. The van der Waals surface area contributed by atoms with Crippen LogP contribution >= 0.6 is 0 Å². The first kappa shape index (κ1) is 26.9. The van der Waals surface area contributed by atoms with Crippen molar-refractivity contribution in [2.24, 2.45) is 0 Å². The van der Waals surface area contributed by atoms with Crippen molar-refractivity contribution in [2.75, 3.05) is 19.7 Å². The normalized spacial score (nSPS) is 15.3. The number of rotatable bonds is 15. The Morgan fingerprint density at radius 1 is 0.971 bits per heavy atom. The summed E-state index contributed by atoms with van der Waals surface area (Å²) in [5, 5.41) is 0. The Morgan fingerprint density at radius 3 is 2.43 bits per heavy atom. The Kier molecular flexibility index (Phi) is 11.3. The molecule has 1 atom stereocenters. The van der Waals surface area contributed by atoms with Crippen LogP contribution in [0.2, 0.25) is 0 Å². The van der Waals surface area contributed by atoms with Gasteiger partial charge in [-0.15, -0.1) is 0 Å². The molecule has 7 heteroatoms. The van der Waals surface area contributed by atoms with Crippen molar-refractivity contribution in [1.29, 1.82) is 0 Å². The van der Waals surface area contributed by atoms with Crippen molar-refractivity contribution in [3.8, 4) is 0 Å². The van der Waals surface area contributed by atoms with Gasteiger partial charge in [-0.1, -0.05) is 51.2 Å². The topological polar surface area (TPSA) is 63.0 Å². The lowest BCUT2D eigenvalue weighted by Crippen LogP contribution is -2.45. The van der Waals surface area contributed by atoms with Crippen molar-refractivity contribution in [2.45, 2.75) is 83.9 Å². The molecule has 1 saturated heterocycles. The second kappa shape index (κ2) is 14.7. The average Bonchev–Trinajstić information content (AvgIpc) is 3.56. The molecule has 2 amide bonds. The van der Waals surface area contributed by atoms with Gasteiger partial charge in [0.2, 0.25) is 11.8 Å². The Morgan fingerprint density at radius 2 is 1.74 bits per heavy atom. The van der Waals surface area contributed by atoms with E-state index >= 15 is 0 Å². The molecule has 0 N–H and O–H groups in total. The van der Waals surface area contributed by atoms with Gasteiger partial charge in [0.25, 0.3) is 0 Å². The molecule has 6 nitrogen and oxygen atoms in total. The predicted octanol–water partition coefficient (Wildman–Crippen LogP) is 5.71. The molecular formula is C28H39FN2O4. The van der Waals surface area contributed by atoms with E-state index in [1.54, 1.807) is 34.3 Å². The van der Waals surface area contributed by atoms with Crippen LogP contribution in [0.1, 0.15) is 76.0 Å². The standard InChI is InChI=1S/C28H39FN2O4/c1-2-3-4-5-6-7-12-27(32)31(21-26-11-9-18-35-26)22-28(33)30(20-25-10-8-17-34-25)19-23-13-15-24(29)16-14-23/h8,10,13-17,26H,2-7,9,11-12,18-22H2,1H3/t26-/m0/s1. The molecule has 0 spiro atoms. The van der Waals surface area contributed by atoms with Gasteiger partial charge >= 0.3 is 0 Å². The fourth-order valence-corrected chi connectivity index (χ4v) is 4.40. The van der Waals surface area contributed by atoms with E-state index in [4.69, 9.17) is 9.15 Å². The third-order valence-electron chi connectivity index (χ3n) is 6.44. The zero-order valence-corrected chi connectivity index (χ0v) is 20.9. The van der Waals surface area contributed by atoms with E-state index in [2.05, 4.69) is 6.92 Å². The van der Waals surface area contributed by atoms with E-state index in [1.165, 1.54) is 31.4 Å². The minimum Gasteiger partial charge on any atom is -0.467 e. The maximum atomic E-state index is 13.5. The Hall–Kier alpha value is -2.67.